The van der Waals surface area contributed by atoms with Crippen LogP contribution in [0.25, 0.3) is 0 Å². The molecule has 0 saturated heterocycles. The first-order chi connectivity index (χ1) is 8.35. The van der Waals surface area contributed by atoms with Crippen LogP contribution in [-0.4, -0.2) is 21.8 Å². The lowest BCUT2D eigenvalue weighted by Gasteiger charge is -2.28. The molecule has 4 nitrogen and oxygen atoms in total. The summed E-state index contributed by atoms with van der Waals surface area (Å²) in [5.41, 5.74) is 3.79. The second-order valence-corrected chi connectivity index (χ2v) is 4.68. The van der Waals surface area contributed by atoms with Gasteiger partial charge >= 0.3 is 0 Å². The fourth-order valence-electron chi connectivity index (χ4n) is 3.17. The number of benzene rings is 1. The molecule has 0 bridgehead atoms. The van der Waals surface area contributed by atoms with Gasteiger partial charge in [-0.2, -0.15) is 0 Å². The minimum atomic E-state index is 0.195. The summed E-state index contributed by atoms with van der Waals surface area (Å²) in [5.74, 6) is 0.600. The van der Waals surface area contributed by atoms with Crippen LogP contribution in [0.3, 0.4) is 0 Å². The van der Waals surface area contributed by atoms with E-state index in [1.807, 2.05) is 18.2 Å². The Labute approximate surface area is 99.3 Å². The zero-order chi connectivity index (χ0) is 11.8. The van der Waals surface area contributed by atoms with Gasteiger partial charge in [-0.1, -0.05) is 34.6 Å². The molecule has 2 atom stereocenters. The van der Waals surface area contributed by atoms with Crippen LogP contribution in [0.2, 0.25) is 0 Å². The summed E-state index contributed by atoms with van der Waals surface area (Å²) in [6.45, 7) is 0. The zero-order valence-electron chi connectivity index (χ0n) is 9.37. The molecule has 0 radical (unpaired) electrons. The Morgan fingerprint density at radius 2 is 1.88 bits per heavy atom. The molecule has 2 N–H and O–H groups in total. The molecule has 2 unspecified atom stereocenters. The molecule has 0 aromatic heterocycles. The van der Waals surface area contributed by atoms with E-state index >= 15 is 0 Å². The summed E-state index contributed by atoms with van der Waals surface area (Å²) in [4.78, 5) is 0. The molecule has 17 heavy (non-hydrogen) atoms. The van der Waals surface area contributed by atoms with Crippen LogP contribution >= 0.6 is 0 Å². The van der Waals surface area contributed by atoms with Gasteiger partial charge in [0.25, 0.3) is 0 Å². The smallest absolute Gasteiger partial charge is 0.0877 e. The van der Waals surface area contributed by atoms with Crippen LogP contribution in [0.4, 0.5) is 0 Å². The lowest BCUT2D eigenvalue weighted by Crippen LogP contribution is -2.25. The highest BCUT2D eigenvalue weighted by atomic mass is 16.4. The van der Waals surface area contributed by atoms with Crippen molar-refractivity contribution in [1.82, 2.24) is 0 Å². The van der Waals surface area contributed by atoms with Crippen molar-refractivity contribution >= 4 is 11.4 Å². The van der Waals surface area contributed by atoms with Gasteiger partial charge in [-0.05, 0) is 24.3 Å². The van der Waals surface area contributed by atoms with Crippen molar-refractivity contribution in [1.29, 1.82) is 0 Å². The Morgan fingerprint density at radius 1 is 1.06 bits per heavy atom. The lowest BCUT2D eigenvalue weighted by atomic mass is 9.76. The van der Waals surface area contributed by atoms with Gasteiger partial charge in [0, 0.05) is 17.9 Å². The van der Waals surface area contributed by atoms with Crippen molar-refractivity contribution in [3.05, 3.63) is 35.4 Å². The predicted octanol–water partition coefficient (Wildman–Crippen LogP) is 2.59. The highest BCUT2D eigenvalue weighted by Gasteiger charge is 2.40. The normalized spacial score (nSPS) is 31.5. The van der Waals surface area contributed by atoms with Crippen molar-refractivity contribution in [2.24, 2.45) is 16.2 Å². The summed E-state index contributed by atoms with van der Waals surface area (Å²) < 4.78 is 0. The van der Waals surface area contributed by atoms with E-state index in [1.165, 1.54) is 5.56 Å². The van der Waals surface area contributed by atoms with Crippen molar-refractivity contribution in [2.45, 2.75) is 25.2 Å². The molecule has 0 aliphatic heterocycles. The second-order valence-electron chi connectivity index (χ2n) is 4.68. The first kappa shape index (κ1) is 10.3. The predicted molar refractivity (Wildman–Crippen MR) is 64.1 cm³/mol. The molecule has 0 amide bonds. The molecule has 1 fully saturated rings. The summed E-state index contributed by atoms with van der Waals surface area (Å²) in [6.07, 6.45) is 2.51. The molecule has 3 rings (SSSR count). The van der Waals surface area contributed by atoms with E-state index in [0.717, 1.165) is 24.1 Å². The maximum Gasteiger partial charge on any atom is 0.0877 e. The van der Waals surface area contributed by atoms with E-state index in [-0.39, 0.29) is 5.92 Å². The summed E-state index contributed by atoms with van der Waals surface area (Å²) in [7, 11) is 0. The van der Waals surface area contributed by atoms with Gasteiger partial charge < -0.3 is 10.4 Å². The number of hydrogen-bond acceptors (Lipinski definition) is 4. The Balaban J connectivity index is 2.13. The van der Waals surface area contributed by atoms with Gasteiger partial charge in [0.1, 0.15) is 0 Å². The summed E-state index contributed by atoms with van der Waals surface area (Å²) in [5, 5.41) is 24.9. The SMILES string of the molecule is ON=C1CC2C(=NO)CCC2c2ccccc21. The van der Waals surface area contributed by atoms with Crippen molar-refractivity contribution in [2.75, 3.05) is 0 Å². The standard InChI is InChI=1S/C13H14N2O2/c16-14-12-6-5-9-8-3-1-2-4-10(8)13(15-17)7-11(9)12/h1-4,9,11,16-17H,5-7H2. The van der Waals surface area contributed by atoms with Crippen LogP contribution in [0.15, 0.2) is 34.6 Å². The minimum absolute atomic E-state index is 0.195. The molecule has 88 valence electrons. The highest BCUT2D eigenvalue weighted by molar-refractivity contribution is 6.07. The van der Waals surface area contributed by atoms with Crippen LogP contribution in [-0.2, 0) is 0 Å². The maximum atomic E-state index is 9.10. The van der Waals surface area contributed by atoms with E-state index in [4.69, 9.17) is 10.4 Å². The number of oxime groups is 2. The zero-order valence-corrected chi connectivity index (χ0v) is 9.37. The molecule has 1 saturated carbocycles. The van der Waals surface area contributed by atoms with Gasteiger partial charge in [0.2, 0.25) is 0 Å². The van der Waals surface area contributed by atoms with Crippen molar-refractivity contribution in [3.63, 3.8) is 0 Å². The minimum Gasteiger partial charge on any atom is -0.411 e. The van der Waals surface area contributed by atoms with E-state index < -0.39 is 0 Å². The van der Waals surface area contributed by atoms with Gasteiger partial charge in [-0.25, -0.2) is 0 Å². The van der Waals surface area contributed by atoms with Gasteiger partial charge in [-0.3, -0.25) is 0 Å². The largest absolute Gasteiger partial charge is 0.411 e. The molecule has 1 aromatic rings. The fraction of sp³-hybridized carbons (Fsp3) is 0.385. The number of rotatable bonds is 0. The van der Waals surface area contributed by atoms with Gasteiger partial charge in [0.15, 0.2) is 0 Å². The molecule has 4 heteroatoms. The molecule has 1 aromatic carbocycles. The van der Waals surface area contributed by atoms with Crippen LogP contribution in [0.5, 0.6) is 0 Å². The monoisotopic (exact) mass is 230 g/mol. The molecule has 2 aliphatic carbocycles. The van der Waals surface area contributed by atoms with E-state index in [2.05, 4.69) is 16.4 Å². The lowest BCUT2D eigenvalue weighted by molar-refractivity contribution is 0.311. The third-order valence-corrected chi connectivity index (χ3v) is 3.96. The summed E-state index contributed by atoms with van der Waals surface area (Å²) >= 11 is 0. The van der Waals surface area contributed by atoms with E-state index in [1.54, 1.807) is 0 Å². The molecule has 0 heterocycles. The average Bonchev–Trinajstić information content (AvgIpc) is 2.80. The van der Waals surface area contributed by atoms with Crippen LogP contribution in [0, 0.1) is 5.92 Å². The Hall–Kier alpha value is -1.84. The Morgan fingerprint density at radius 3 is 2.65 bits per heavy atom. The van der Waals surface area contributed by atoms with Crippen molar-refractivity contribution in [3.8, 4) is 0 Å². The van der Waals surface area contributed by atoms with Crippen molar-refractivity contribution < 1.29 is 10.4 Å². The number of fused-ring (bicyclic) bond motifs is 3. The van der Waals surface area contributed by atoms with E-state index in [9.17, 15) is 0 Å². The molecular formula is C13H14N2O2. The van der Waals surface area contributed by atoms with Crippen LogP contribution in [0.1, 0.15) is 36.3 Å². The van der Waals surface area contributed by atoms with Crippen LogP contribution < -0.4 is 0 Å². The highest BCUT2D eigenvalue weighted by Crippen LogP contribution is 2.45. The summed E-state index contributed by atoms with van der Waals surface area (Å²) in [6, 6.07) is 8.04. The second kappa shape index (κ2) is 3.87. The fourth-order valence-corrected chi connectivity index (χ4v) is 3.17. The molecule has 0 spiro atoms. The van der Waals surface area contributed by atoms with Gasteiger partial charge in [-0.15, -0.1) is 0 Å². The maximum absolute atomic E-state index is 9.10. The third-order valence-electron chi connectivity index (χ3n) is 3.96. The number of nitrogens with zero attached hydrogens (tertiary/aromatic N) is 2. The first-order valence-electron chi connectivity index (χ1n) is 5.86. The third kappa shape index (κ3) is 1.44. The Bertz CT molecular complexity index is 508. The quantitative estimate of drug-likeness (QED) is 0.531. The topological polar surface area (TPSA) is 65.2 Å². The molecule has 2 aliphatic rings. The average molecular weight is 230 g/mol. The first-order valence-corrected chi connectivity index (χ1v) is 5.86. The molecular weight excluding hydrogens is 216 g/mol. The Kier molecular flexibility index (Phi) is 2.35. The van der Waals surface area contributed by atoms with E-state index in [0.29, 0.717) is 18.1 Å². The van der Waals surface area contributed by atoms with Gasteiger partial charge in [0.05, 0.1) is 11.4 Å². The number of hydrogen-bond donors (Lipinski definition) is 2.